The van der Waals surface area contributed by atoms with Gasteiger partial charge in [-0.3, -0.25) is 4.99 Å². The Hall–Kier alpha value is -1.57. The number of H-pyrrole nitrogens is 1. The standard InChI is InChI=1S/C21H22N2/c1-2-4-16-11(3-1)10(9-23-16)5-6-22-21-18-13-8-14-17-12(13)7-15(18)19(17)20(14)21/h1-4,9,12-15,17-20,23H,5-8H2/t12-,13-,14-,15+,17-,18+,19-,20+/m1/s1. The Kier molecular flexibility index (Phi) is 1.93. The second kappa shape index (κ2) is 3.74. The molecule has 2 aromatic rings. The summed E-state index contributed by atoms with van der Waals surface area (Å²) in [5.41, 5.74) is 4.39. The smallest absolute Gasteiger partial charge is 0.0456 e. The number of nitrogens with one attached hydrogen (secondary N) is 1. The van der Waals surface area contributed by atoms with Crippen LogP contribution in [0.15, 0.2) is 35.5 Å². The molecule has 5 aliphatic rings. The summed E-state index contributed by atoms with van der Waals surface area (Å²) >= 11 is 0. The van der Waals surface area contributed by atoms with Gasteiger partial charge in [-0.25, -0.2) is 0 Å². The molecule has 0 aliphatic heterocycles. The molecule has 5 saturated carbocycles. The average molecular weight is 302 g/mol. The Balaban J connectivity index is 1.18. The second-order valence-electron chi connectivity index (χ2n) is 8.75. The van der Waals surface area contributed by atoms with Crippen molar-refractivity contribution < 1.29 is 0 Å². The third-order valence-corrected chi connectivity index (χ3v) is 8.40. The molecule has 2 nitrogen and oxygen atoms in total. The SMILES string of the molecule is c1ccc2c(CCN=C3[C@H]4[C@@H]5C[C@H]6[C@H]3[C@@H]3[C@H]4C[C@H]5[C@H]63)c[nH]c2c1. The highest BCUT2D eigenvalue weighted by molar-refractivity contribution is 5.96. The van der Waals surface area contributed by atoms with Gasteiger partial charge >= 0.3 is 0 Å². The van der Waals surface area contributed by atoms with Crippen LogP contribution >= 0.6 is 0 Å². The second-order valence-corrected chi connectivity index (χ2v) is 8.75. The predicted octanol–water partition coefficient (Wildman–Crippen LogP) is 3.93. The van der Waals surface area contributed by atoms with Gasteiger partial charge in [0.25, 0.3) is 0 Å². The minimum Gasteiger partial charge on any atom is -0.361 e. The molecule has 8 atom stereocenters. The Morgan fingerprint density at radius 2 is 1.83 bits per heavy atom. The fourth-order valence-electron chi connectivity index (χ4n) is 7.99. The van der Waals surface area contributed by atoms with Gasteiger partial charge in [-0.1, -0.05) is 18.2 Å². The topological polar surface area (TPSA) is 28.1 Å². The van der Waals surface area contributed by atoms with E-state index in [1.165, 1.54) is 16.5 Å². The number of hydrogen-bond acceptors (Lipinski definition) is 1. The number of rotatable bonds is 3. The lowest BCUT2D eigenvalue weighted by Crippen LogP contribution is -2.44. The summed E-state index contributed by atoms with van der Waals surface area (Å²) in [6, 6.07) is 8.64. The van der Waals surface area contributed by atoms with E-state index in [1.54, 1.807) is 18.6 Å². The van der Waals surface area contributed by atoms with Gasteiger partial charge in [-0.05, 0) is 66.4 Å². The van der Waals surface area contributed by atoms with E-state index in [1.807, 2.05) is 0 Å². The van der Waals surface area contributed by atoms with Crippen LogP contribution in [0.25, 0.3) is 10.9 Å². The van der Waals surface area contributed by atoms with E-state index in [9.17, 15) is 0 Å². The first-order valence-electron chi connectivity index (χ1n) is 9.51. The minimum atomic E-state index is 0.924. The Labute approximate surface area is 136 Å². The van der Waals surface area contributed by atoms with Crippen LogP contribution in [0.5, 0.6) is 0 Å². The highest BCUT2D eigenvalue weighted by atomic mass is 14.9. The maximum Gasteiger partial charge on any atom is 0.0456 e. The molecule has 23 heavy (non-hydrogen) atoms. The van der Waals surface area contributed by atoms with Crippen LogP contribution < -0.4 is 0 Å². The lowest BCUT2D eigenvalue weighted by Gasteiger charge is -2.45. The van der Waals surface area contributed by atoms with Crippen LogP contribution in [0.4, 0.5) is 0 Å². The quantitative estimate of drug-likeness (QED) is 0.890. The molecule has 0 unspecified atom stereocenters. The highest BCUT2D eigenvalue weighted by Gasteiger charge is 2.79. The zero-order valence-corrected chi connectivity index (χ0v) is 13.3. The summed E-state index contributed by atoms with van der Waals surface area (Å²) in [6.07, 6.45) is 6.41. The first kappa shape index (κ1) is 11.9. The first-order valence-corrected chi connectivity index (χ1v) is 9.51. The zero-order chi connectivity index (χ0) is 14.7. The number of aromatic nitrogens is 1. The molecular formula is C21H22N2. The van der Waals surface area contributed by atoms with Crippen LogP contribution in [0.1, 0.15) is 18.4 Å². The van der Waals surface area contributed by atoms with Crippen LogP contribution in [0.2, 0.25) is 0 Å². The number of benzene rings is 1. The lowest BCUT2D eigenvalue weighted by molar-refractivity contribution is 0.0503. The molecule has 5 fully saturated rings. The third-order valence-electron chi connectivity index (χ3n) is 8.40. The van der Waals surface area contributed by atoms with Crippen molar-refractivity contribution in [2.24, 2.45) is 52.3 Å². The van der Waals surface area contributed by atoms with E-state index in [4.69, 9.17) is 4.99 Å². The lowest BCUT2D eigenvalue weighted by atomic mass is 9.59. The van der Waals surface area contributed by atoms with Gasteiger partial charge in [-0.2, -0.15) is 0 Å². The van der Waals surface area contributed by atoms with E-state index >= 15 is 0 Å². The molecule has 1 heterocycles. The number of para-hydroxylation sites is 1. The number of fused-ring (bicyclic) bond motifs is 3. The third kappa shape index (κ3) is 1.19. The largest absolute Gasteiger partial charge is 0.361 e. The molecule has 5 aliphatic carbocycles. The molecule has 0 radical (unpaired) electrons. The predicted molar refractivity (Wildman–Crippen MR) is 91.5 cm³/mol. The van der Waals surface area contributed by atoms with E-state index in [-0.39, 0.29) is 0 Å². The van der Waals surface area contributed by atoms with Crippen molar-refractivity contribution in [3.63, 3.8) is 0 Å². The van der Waals surface area contributed by atoms with E-state index in [0.29, 0.717) is 0 Å². The summed E-state index contributed by atoms with van der Waals surface area (Å²) in [5.74, 6) is 8.38. The van der Waals surface area contributed by atoms with Crippen molar-refractivity contribution in [2.75, 3.05) is 6.54 Å². The van der Waals surface area contributed by atoms with E-state index in [0.717, 1.165) is 60.3 Å². The minimum absolute atomic E-state index is 0.924. The van der Waals surface area contributed by atoms with Gasteiger partial charge in [0.2, 0.25) is 0 Å². The summed E-state index contributed by atoms with van der Waals surface area (Å²) in [7, 11) is 0. The number of hydrogen-bond donors (Lipinski definition) is 1. The Morgan fingerprint density at radius 1 is 0.957 bits per heavy atom. The summed E-state index contributed by atoms with van der Waals surface area (Å²) < 4.78 is 0. The highest BCUT2D eigenvalue weighted by Crippen LogP contribution is 2.81. The molecule has 1 aromatic heterocycles. The van der Waals surface area contributed by atoms with Gasteiger partial charge < -0.3 is 4.98 Å². The van der Waals surface area contributed by atoms with Crippen molar-refractivity contribution in [3.8, 4) is 0 Å². The van der Waals surface area contributed by atoms with Crippen molar-refractivity contribution in [3.05, 3.63) is 36.0 Å². The monoisotopic (exact) mass is 302 g/mol. The maximum atomic E-state index is 5.23. The molecule has 1 N–H and O–H groups in total. The average Bonchev–Trinajstić information content (AvgIpc) is 3.22. The molecule has 116 valence electrons. The number of nitrogens with zero attached hydrogens (tertiary/aromatic N) is 1. The Morgan fingerprint density at radius 3 is 2.83 bits per heavy atom. The fourth-order valence-corrected chi connectivity index (χ4v) is 7.99. The molecule has 2 bridgehead atoms. The van der Waals surface area contributed by atoms with Crippen LogP contribution in [0, 0.1) is 47.3 Å². The van der Waals surface area contributed by atoms with Gasteiger partial charge in [0.05, 0.1) is 0 Å². The summed E-state index contributed by atoms with van der Waals surface area (Å²) in [4.78, 5) is 8.63. The summed E-state index contributed by atoms with van der Waals surface area (Å²) in [5, 5.41) is 1.38. The Bertz CT molecular complexity index is 856. The van der Waals surface area contributed by atoms with Gasteiger partial charge in [0.15, 0.2) is 0 Å². The van der Waals surface area contributed by atoms with Crippen LogP contribution in [-0.4, -0.2) is 17.2 Å². The van der Waals surface area contributed by atoms with Crippen molar-refractivity contribution >= 4 is 16.6 Å². The van der Waals surface area contributed by atoms with Crippen LogP contribution in [-0.2, 0) is 6.42 Å². The molecule has 0 spiro atoms. The molecule has 2 heteroatoms. The van der Waals surface area contributed by atoms with Gasteiger partial charge in [0.1, 0.15) is 0 Å². The molecule has 0 saturated heterocycles. The number of aromatic amines is 1. The van der Waals surface area contributed by atoms with Crippen molar-refractivity contribution in [2.45, 2.75) is 19.3 Å². The summed E-state index contributed by atoms with van der Waals surface area (Å²) in [6.45, 7) is 0.998. The van der Waals surface area contributed by atoms with Crippen LogP contribution in [0.3, 0.4) is 0 Å². The van der Waals surface area contributed by atoms with E-state index in [2.05, 4.69) is 35.4 Å². The van der Waals surface area contributed by atoms with Gasteiger partial charge in [-0.15, -0.1) is 0 Å². The van der Waals surface area contributed by atoms with Gasteiger partial charge in [0, 0.05) is 41.2 Å². The van der Waals surface area contributed by atoms with E-state index < -0.39 is 0 Å². The molecule has 7 rings (SSSR count). The zero-order valence-electron chi connectivity index (χ0n) is 13.3. The first-order chi connectivity index (χ1) is 11.4. The molecular weight excluding hydrogens is 280 g/mol. The van der Waals surface area contributed by atoms with Crippen molar-refractivity contribution in [1.29, 1.82) is 0 Å². The van der Waals surface area contributed by atoms with Crippen molar-refractivity contribution in [1.82, 2.24) is 4.98 Å². The maximum absolute atomic E-state index is 5.23. The normalized spacial score (nSPS) is 49.0. The molecule has 0 amide bonds. The molecule has 1 aromatic carbocycles. The fraction of sp³-hybridized carbons (Fsp3) is 0.571. The number of aliphatic imine (C=N–C) groups is 1.